The summed E-state index contributed by atoms with van der Waals surface area (Å²) < 4.78 is 26.2. The Morgan fingerprint density at radius 3 is 2.17 bits per heavy atom. The number of amides is 2. The number of carbonyl (C=O) groups excluding carboxylic acids is 2. The maximum atomic E-state index is 13.1. The summed E-state index contributed by atoms with van der Waals surface area (Å²) in [5, 5.41) is 2.44. The number of nitrogens with two attached hydrogens (primary N) is 1. The molecular weight excluding hydrogens is 302 g/mol. The molecule has 0 spiro atoms. The van der Waals surface area contributed by atoms with E-state index in [1.807, 2.05) is 0 Å². The standard InChI is InChI=1S/C17H24F2N2O2/c1-2-3-4-5-6-7-8-15(16(20)22)21-17(23)12-9-13(18)11-14(19)10-12/h9-11,15H,2-8H2,1H3,(H2,20,22)(H,21,23)/t15-/m1/s1. The van der Waals surface area contributed by atoms with Crippen LogP contribution in [-0.2, 0) is 4.79 Å². The van der Waals surface area contributed by atoms with Gasteiger partial charge in [0.1, 0.15) is 17.7 Å². The summed E-state index contributed by atoms with van der Waals surface area (Å²) in [4.78, 5) is 23.4. The number of nitrogens with one attached hydrogen (secondary N) is 1. The predicted molar refractivity (Wildman–Crippen MR) is 84.8 cm³/mol. The van der Waals surface area contributed by atoms with E-state index in [1.54, 1.807) is 0 Å². The van der Waals surface area contributed by atoms with Crippen LogP contribution in [0.1, 0.15) is 62.2 Å². The largest absolute Gasteiger partial charge is 0.368 e. The van der Waals surface area contributed by atoms with E-state index in [0.717, 1.165) is 44.2 Å². The minimum atomic E-state index is -0.846. The van der Waals surface area contributed by atoms with Crippen molar-refractivity contribution in [1.82, 2.24) is 5.32 Å². The third kappa shape index (κ3) is 7.21. The van der Waals surface area contributed by atoms with Gasteiger partial charge in [-0.2, -0.15) is 0 Å². The Balaban J connectivity index is 2.51. The average molecular weight is 326 g/mol. The first-order valence-electron chi connectivity index (χ1n) is 8.00. The van der Waals surface area contributed by atoms with Crippen LogP contribution in [-0.4, -0.2) is 17.9 Å². The Bertz CT molecular complexity index is 515. The minimum absolute atomic E-state index is 0.170. The van der Waals surface area contributed by atoms with Crippen molar-refractivity contribution in [3.8, 4) is 0 Å². The molecule has 1 rings (SSSR count). The van der Waals surface area contributed by atoms with Crippen molar-refractivity contribution in [2.75, 3.05) is 0 Å². The normalized spacial score (nSPS) is 12.0. The van der Waals surface area contributed by atoms with Crippen LogP contribution in [0, 0.1) is 11.6 Å². The molecule has 0 saturated carbocycles. The smallest absolute Gasteiger partial charge is 0.252 e. The molecule has 0 aliphatic carbocycles. The highest BCUT2D eigenvalue weighted by atomic mass is 19.1. The van der Waals surface area contributed by atoms with Gasteiger partial charge in [-0.05, 0) is 18.6 Å². The van der Waals surface area contributed by atoms with Crippen LogP contribution in [0.5, 0.6) is 0 Å². The number of hydrogen-bond donors (Lipinski definition) is 2. The summed E-state index contributed by atoms with van der Waals surface area (Å²) in [7, 11) is 0. The molecule has 0 bridgehead atoms. The molecule has 1 aromatic carbocycles. The molecule has 1 aromatic rings. The number of carbonyl (C=O) groups is 2. The van der Waals surface area contributed by atoms with Gasteiger partial charge in [0.25, 0.3) is 5.91 Å². The molecule has 23 heavy (non-hydrogen) atoms. The molecule has 3 N–H and O–H groups in total. The molecule has 0 heterocycles. The molecule has 0 unspecified atom stereocenters. The van der Waals surface area contributed by atoms with Gasteiger partial charge in [0.2, 0.25) is 5.91 Å². The van der Waals surface area contributed by atoms with E-state index < -0.39 is 29.5 Å². The Morgan fingerprint density at radius 2 is 1.61 bits per heavy atom. The summed E-state index contributed by atoms with van der Waals surface area (Å²) in [6, 6.07) is 1.68. The van der Waals surface area contributed by atoms with Crippen LogP contribution in [0.4, 0.5) is 8.78 Å². The van der Waals surface area contributed by atoms with Crippen LogP contribution in [0.15, 0.2) is 18.2 Å². The Morgan fingerprint density at radius 1 is 1.04 bits per heavy atom. The molecule has 4 nitrogen and oxygen atoms in total. The van der Waals surface area contributed by atoms with Crippen molar-refractivity contribution in [3.05, 3.63) is 35.4 Å². The van der Waals surface area contributed by atoms with Crippen molar-refractivity contribution in [1.29, 1.82) is 0 Å². The lowest BCUT2D eigenvalue weighted by Gasteiger charge is -2.15. The van der Waals surface area contributed by atoms with Crippen LogP contribution in [0.3, 0.4) is 0 Å². The van der Waals surface area contributed by atoms with E-state index in [9.17, 15) is 18.4 Å². The second kappa shape index (κ2) is 9.92. The quantitative estimate of drug-likeness (QED) is 0.648. The van der Waals surface area contributed by atoms with Gasteiger partial charge in [-0.15, -0.1) is 0 Å². The van der Waals surface area contributed by atoms with E-state index in [4.69, 9.17) is 5.73 Å². The predicted octanol–water partition coefficient (Wildman–Crippen LogP) is 3.30. The molecule has 6 heteroatoms. The summed E-state index contributed by atoms with van der Waals surface area (Å²) in [6.07, 6.45) is 6.69. The van der Waals surface area contributed by atoms with E-state index >= 15 is 0 Å². The van der Waals surface area contributed by atoms with Gasteiger partial charge in [0.15, 0.2) is 0 Å². The minimum Gasteiger partial charge on any atom is -0.368 e. The first-order chi connectivity index (χ1) is 10.9. The van der Waals surface area contributed by atoms with Crippen molar-refractivity contribution >= 4 is 11.8 Å². The van der Waals surface area contributed by atoms with Crippen LogP contribution in [0.25, 0.3) is 0 Å². The highest BCUT2D eigenvalue weighted by Crippen LogP contribution is 2.11. The number of rotatable bonds is 10. The van der Waals surface area contributed by atoms with Crippen molar-refractivity contribution in [3.63, 3.8) is 0 Å². The number of primary amides is 1. The zero-order chi connectivity index (χ0) is 17.2. The summed E-state index contributed by atoms with van der Waals surface area (Å²) in [5.74, 6) is -3.05. The van der Waals surface area contributed by atoms with E-state index in [1.165, 1.54) is 6.42 Å². The summed E-state index contributed by atoms with van der Waals surface area (Å²) >= 11 is 0. The first kappa shape index (κ1) is 19.1. The lowest BCUT2D eigenvalue weighted by Crippen LogP contribution is -2.44. The summed E-state index contributed by atoms with van der Waals surface area (Å²) in [5.41, 5.74) is 5.11. The second-order valence-corrected chi connectivity index (χ2v) is 5.64. The number of benzene rings is 1. The molecule has 0 aliphatic rings. The third-order valence-corrected chi connectivity index (χ3v) is 3.62. The maximum Gasteiger partial charge on any atom is 0.252 e. The van der Waals surface area contributed by atoms with Crippen molar-refractivity contribution in [2.24, 2.45) is 5.73 Å². The molecular formula is C17H24F2N2O2. The van der Waals surface area contributed by atoms with Gasteiger partial charge in [0, 0.05) is 11.6 Å². The lowest BCUT2D eigenvalue weighted by atomic mass is 10.0. The molecule has 0 radical (unpaired) electrons. The molecule has 0 aromatic heterocycles. The summed E-state index contributed by atoms with van der Waals surface area (Å²) in [6.45, 7) is 2.13. The highest BCUT2D eigenvalue weighted by molar-refractivity contribution is 5.97. The number of unbranched alkanes of at least 4 members (excludes halogenated alkanes) is 5. The molecule has 1 atom stereocenters. The first-order valence-corrected chi connectivity index (χ1v) is 8.00. The van der Waals surface area contributed by atoms with E-state index in [0.29, 0.717) is 12.5 Å². The van der Waals surface area contributed by atoms with E-state index in [-0.39, 0.29) is 5.56 Å². The molecule has 2 amide bonds. The fourth-order valence-electron chi connectivity index (χ4n) is 2.34. The van der Waals surface area contributed by atoms with Gasteiger partial charge in [0.05, 0.1) is 0 Å². The number of halogens is 2. The zero-order valence-electron chi connectivity index (χ0n) is 13.4. The third-order valence-electron chi connectivity index (χ3n) is 3.62. The zero-order valence-corrected chi connectivity index (χ0v) is 13.4. The van der Waals surface area contributed by atoms with Crippen molar-refractivity contribution in [2.45, 2.75) is 57.9 Å². The molecule has 0 fully saturated rings. The van der Waals surface area contributed by atoms with Crippen LogP contribution in [0.2, 0.25) is 0 Å². The monoisotopic (exact) mass is 326 g/mol. The van der Waals surface area contributed by atoms with Gasteiger partial charge in [-0.3, -0.25) is 9.59 Å². The average Bonchev–Trinajstić information content (AvgIpc) is 2.48. The van der Waals surface area contributed by atoms with Crippen LogP contribution >= 0.6 is 0 Å². The maximum absolute atomic E-state index is 13.1. The van der Waals surface area contributed by atoms with Gasteiger partial charge in [-0.25, -0.2) is 8.78 Å². The fraction of sp³-hybridized carbons (Fsp3) is 0.529. The van der Waals surface area contributed by atoms with Gasteiger partial charge >= 0.3 is 0 Å². The van der Waals surface area contributed by atoms with Crippen molar-refractivity contribution < 1.29 is 18.4 Å². The van der Waals surface area contributed by atoms with Crippen LogP contribution < -0.4 is 11.1 Å². The Labute approximate surface area is 135 Å². The second-order valence-electron chi connectivity index (χ2n) is 5.64. The topological polar surface area (TPSA) is 72.2 Å². The fourth-order valence-corrected chi connectivity index (χ4v) is 2.34. The molecule has 0 aliphatic heterocycles. The van der Waals surface area contributed by atoms with Gasteiger partial charge < -0.3 is 11.1 Å². The lowest BCUT2D eigenvalue weighted by molar-refractivity contribution is -0.120. The highest BCUT2D eigenvalue weighted by Gasteiger charge is 2.19. The Kier molecular flexibility index (Phi) is 8.22. The van der Waals surface area contributed by atoms with Gasteiger partial charge in [-0.1, -0.05) is 45.4 Å². The van der Waals surface area contributed by atoms with E-state index in [2.05, 4.69) is 12.2 Å². The molecule has 128 valence electrons. The molecule has 0 saturated heterocycles. The SMILES string of the molecule is CCCCCCCC[C@@H](NC(=O)c1cc(F)cc(F)c1)C(N)=O. The Hall–Kier alpha value is -1.98. The number of hydrogen-bond acceptors (Lipinski definition) is 2.